The maximum atomic E-state index is 5.02. The van der Waals surface area contributed by atoms with Crippen molar-refractivity contribution in [2.75, 3.05) is 26.1 Å². The summed E-state index contributed by atoms with van der Waals surface area (Å²) >= 11 is 0. The molecule has 0 atom stereocenters. The molecule has 1 heterocycles. The minimum atomic E-state index is 0.662. The Balaban J connectivity index is 2.98. The fourth-order valence-corrected chi connectivity index (χ4v) is 1.51. The van der Waals surface area contributed by atoms with Crippen LogP contribution >= 0.6 is 0 Å². The Labute approximate surface area is 91.1 Å². The quantitative estimate of drug-likeness (QED) is 0.799. The van der Waals surface area contributed by atoms with Gasteiger partial charge in [0.25, 0.3) is 0 Å². The number of nitrogens with zero attached hydrogens (tertiary/aromatic N) is 2. The van der Waals surface area contributed by atoms with Gasteiger partial charge in [-0.2, -0.15) is 0 Å². The van der Waals surface area contributed by atoms with Crippen molar-refractivity contribution in [3.8, 4) is 0 Å². The minimum absolute atomic E-state index is 0.662. The van der Waals surface area contributed by atoms with E-state index in [2.05, 4.69) is 22.2 Å². The van der Waals surface area contributed by atoms with E-state index in [1.54, 1.807) is 7.11 Å². The normalized spacial score (nSPS) is 10.4. The third-order valence-electron chi connectivity index (χ3n) is 2.39. The predicted octanol–water partition coefficient (Wildman–Crippen LogP) is 1.58. The topological polar surface area (TPSA) is 47.0 Å². The van der Waals surface area contributed by atoms with Crippen molar-refractivity contribution >= 4 is 5.82 Å². The second kappa shape index (κ2) is 5.66. The average molecular weight is 209 g/mol. The van der Waals surface area contributed by atoms with E-state index >= 15 is 0 Å². The van der Waals surface area contributed by atoms with E-state index in [0.29, 0.717) is 6.61 Å². The van der Waals surface area contributed by atoms with Crippen molar-refractivity contribution in [2.24, 2.45) is 0 Å². The van der Waals surface area contributed by atoms with Gasteiger partial charge in [0.15, 0.2) is 0 Å². The number of anilines is 1. The van der Waals surface area contributed by atoms with E-state index in [1.807, 2.05) is 14.0 Å². The highest BCUT2D eigenvalue weighted by Gasteiger charge is 2.07. The molecule has 0 unspecified atom stereocenters. The summed E-state index contributed by atoms with van der Waals surface area (Å²) < 4.78 is 5.02. The smallest absolute Gasteiger partial charge is 0.133 e. The lowest BCUT2D eigenvalue weighted by Crippen LogP contribution is -2.08. The summed E-state index contributed by atoms with van der Waals surface area (Å²) in [5, 5.41) is 3.09. The van der Waals surface area contributed by atoms with Gasteiger partial charge >= 0.3 is 0 Å². The number of nitrogens with one attached hydrogen (secondary N) is 1. The SMILES string of the molecule is CCc1nc(CCOC)nc(NC)c1C. The lowest BCUT2D eigenvalue weighted by molar-refractivity contribution is 0.200. The van der Waals surface area contributed by atoms with E-state index in [-0.39, 0.29) is 0 Å². The fraction of sp³-hybridized carbons (Fsp3) is 0.636. The predicted molar refractivity (Wildman–Crippen MR) is 61.3 cm³/mol. The molecule has 0 aliphatic rings. The zero-order valence-electron chi connectivity index (χ0n) is 9.92. The van der Waals surface area contributed by atoms with Crippen molar-refractivity contribution in [2.45, 2.75) is 26.7 Å². The molecule has 0 fully saturated rings. The molecule has 0 bridgehead atoms. The van der Waals surface area contributed by atoms with E-state index in [9.17, 15) is 0 Å². The monoisotopic (exact) mass is 209 g/mol. The Kier molecular flexibility index (Phi) is 4.49. The molecular formula is C11H19N3O. The maximum absolute atomic E-state index is 5.02. The molecule has 1 aromatic rings. The van der Waals surface area contributed by atoms with Crippen LogP contribution in [0.3, 0.4) is 0 Å². The van der Waals surface area contributed by atoms with Crippen LogP contribution in [0.15, 0.2) is 0 Å². The summed E-state index contributed by atoms with van der Waals surface area (Å²) in [5.74, 6) is 1.77. The molecule has 84 valence electrons. The zero-order valence-corrected chi connectivity index (χ0v) is 9.92. The fourth-order valence-electron chi connectivity index (χ4n) is 1.51. The van der Waals surface area contributed by atoms with Crippen LogP contribution in [-0.2, 0) is 17.6 Å². The molecule has 0 aliphatic heterocycles. The Morgan fingerprint density at radius 2 is 2.07 bits per heavy atom. The van der Waals surface area contributed by atoms with Crippen molar-refractivity contribution < 1.29 is 4.74 Å². The van der Waals surface area contributed by atoms with Gasteiger partial charge in [0.1, 0.15) is 11.6 Å². The van der Waals surface area contributed by atoms with Gasteiger partial charge in [0.2, 0.25) is 0 Å². The van der Waals surface area contributed by atoms with Crippen LogP contribution in [0.2, 0.25) is 0 Å². The molecule has 0 radical (unpaired) electrons. The number of aromatic nitrogens is 2. The Bertz CT molecular complexity index is 301. The highest BCUT2D eigenvalue weighted by molar-refractivity contribution is 5.45. The Morgan fingerprint density at radius 3 is 2.60 bits per heavy atom. The van der Waals surface area contributed by atoms with Crippen LogP contribution in [0.4, 0.5) is 5.82 Å². The molecule has 1 aromatic heterocycles. The summed E-state index contributed by atoms with van der Waals surface area (Å²) in [7, 11) is 3.57. The number of aryl methyl sites for hydroxylation is 1. The van der Waals surface area contributed by atoms with Crippen molar-refractivity contribution in [1.82, 2.24) is 9.97 Å². The highest BCUT2D eigenvalue weighted by atomic mass is 16.5. The van der Waals surface area contributed by atoms with Crippen LogP contribution in [0.5, 0.6) is 0 Å². The summed E-state index contributed by atoms with van der Waals surface area (Å²) in [6, 6.07) is 0. The molecule has 1 N–H and O–H groups in total. The molecule has 0 spiro atoms. The van der Waals surface area contributed by atoms with E-state index in [4.69, 9.17) is 4.74 Å². The van der Waals surface area contributed by atoms with Gasteiger partial charge < -0.3 is 10.1 Å². The van der Waals surface area contributed by atoms with Gasteiger partial charge in [-0.05, 0) is 13.3 Å². The largest absolute Gasteiger partial charge is 0.384 e. The molecule has 0 saturated carbocycles. The lowest BCUT2D eigenvalue weighted by atomic mass is 10.2. The summed E-state index contributed by atoms with van der Waals surface area (Å²) in [5.41, 5.74) is 2.25. The number of hydrogen-bond donors (Lipinski definition) is 1. The first-order chi connectivity index (χ1) is 7.22. The molecule has 0 amide bonds. The molecule has 0 aromatic carbocycles. The molecule has 4 heteroatoms. The van der Waals surface area contributed by atoms with E-state index in [1.165, 1.54) is 0 Å². The Hall–Kier alpha value is -1.16. The van der Waals surface area contributed by atoms with Gasteiger partial charge in [-0.1, -0.05) is 6.92 Å². The van der Waals surface area contributed by atoms with E-state index < -0.39 is 0 Å². The molecule has 0 saturated heterocycles. The number of hydrogen-bond acceptors (Lipinski definition) is 4. The second-order valence-corrected chi connectivity index (χ2v) is 3.41. The van der Waals surface area contributed by atoms with Crippen LogP contribution < -0.4 is 5.32 Å². The van der Waals surface area contributed by atoms with Gasteiger partial charge in [0, 0.05) is 31.8 Å². The first kappa shape index (κ1) is 11.9. The Morgan fingerprint density at radius 1 is 1.33 bits per heavy atom. The van der Waals surface area contributed by atoms with Crippen molar-refractivity contribution in [3.63, 3.8) is 0 Å². The van der Waals surface area contributed by atoms with Crippen LogP contribution in [0, 0.1) is 6.92 Å². The highest BCUT2D eigenvalue weighted by Crippen LogP contribution is 2.15. The minimum Gasteiger partial charge on any atom is -0.384 e. The zero-order chi connectivity index (χ0) is 11.3. The van der Waals surface area contributed by atoms with Crippen LogP contribution in [0.1, 0.15) is 24.0 Å². The van der Waals surface area contributed by atoms with Gasteiger partial charge in [-0.3, -0.25) is 0 Å². The number of ether oxygens (including phenoxy) is 1. The number of methoxy groups -OCH3 is 1. The van der Waals surface area contributed by atoms with Crippen molar-refractivity contribution in [3.05, 3.63) is 17.1 Å². The average Bonchev–Trinajstić information content (AvgIpc) is 2.27. The lowest BCUT2D eigenvalue weighted by Gasteiger charge is -2.10. The second-order valence-electron chi connectivity index (χ2n) is 3.41. The summed E-state index contributed by atoms with van der Waals surface area (Å²) in [6.07, 6.45) is 1.70. The van der Waals surface area contributed by atoms with Gasteiger partial charge in [-0.15, -0.1) is 0 Å². The van der Waals surface area contributed by atoms with E-state index in [0.717, 1.165) is 35.7 Å². The molecule has 0 aliphatic carbocycles. The summed E-state index contributed by atoms with van der Waals surface area (Å²) in [4.78, 5) is 8.94. The first-order valence-electron chi connectivity index (χ1n) is 5.26. The molecular weight excluding hydrogens is 190 g/mol. The molecule has 1 rings (SSSR count). The third kappa shape index (κ3) is 2.89. The number of rotatable bonds is 5. The molecule has 4 nitrogen and oxygen atoms in total. The first-order valence-corrected chi connectivity index (χ1v) is 5.26. The van der Waals surface area contributed by atoms with Crippen LogP contribution in [0.25, 0.3) is 0 Å². The van der Waals surface area contributed by atoms with Crippen molar-refractivity contribution in [1.29, 1.82) is 0 Å². The van der Waals surface area contributed by atoms with Gasteiger partial charge in [0.05, 0.1) is 6.61 Å². The third-order valence-corrected chi connectivity index (χ3v) is 2.39. The maximum Gasteiger partial charge on any atom is 0.133 e. The van der Waals surface area contributed by atoms with Gasteiger partial charge in [-0.25, -0.2) is 9.97 Å². The summed E-state index contributed by atoms with van der Waals surface area (Å²) in [6.45, 7) is 4.81. The standard InChI is InChI=1S/C11H19N3O/c1-5-9-8(2)11(12-3)14-10(13-9)6-7-15-4/h5-7H2,1-4H3,(H,12,13,14). The van der Waals surface area contributed by atoms with Crippen LogP contribution in [-0.4, -0.2) is 30.7 Å². The molecule has 15 heavy (non-hydrogen) atoms.